The van der Waals surface area contributed by atoms with Gasteiger partial charge >= 0.3 is 0 Å². The minimum Gasteiger partial charge on any atom is -0.310 e. The number of nitrogens with zero attached hydrogens (tertiary/aromatic N) is 1. The van der Waals surface area contributed by atoms with Crippen molar-refractivity contribution in [2.24, 2.45) is 0 Å². The van der Waals surface area contributed by atoms with Crippen molar-refractivity contribution in [3.63, 3.8) is 0 Å². The van der Waals surface area contributed by atoms with E-state index in [0.717, 1.165) is 34.5 Å². The normalized spacial score (nSPS) is 16.2. The molecule has 11 rings (SSSR count). The van der Waals surface area contributed by atoms with E-state index < -0.39 is 5.41 Å². The van der Waals surface area contributed by atoms with Gasteiger partial charge in [0.1, 0.15) is 5.82 Å². The van der Waals surface area contributed by atoms with E-state index in [0.29, 0.717) is 0 Å². The second-order valence-corrected chi connectivity index (χ2v) is 14.5. The fourth-order valence-corrected chi connectivity index (χ4v) is 9.68. The van der Waals surface area contributed by atoms with Gasteiger partial charge in [-0.05, 0) is 121 Å². The van der Waals surface area contributed by atoms with Crippen molar-refractivity contribution in [2.75, 3.05) is 4.90 Å². The molecule has 1 atom stereocenters. The second kappa shape index (κ2) is 11.5. The molecule has 0 fully saturated rings. The van der Waals surface area contributed by atoms with Crippen LogP contribution in [-0.4, -0.2) is 0 Å². The molecular weight excluding hydrogens is 646 g/mol. The summed E-state index contributed by atoms with van der Waals surface area (Å²) in [7, 11) is 0. The van der Waals surface area contributed by atoms with Crippen LogP contribution in [-0.2, 0) is 5.41 Å². The molecule has 4 aliphatic rings. The van der Waals surface area contributed by atoms with Crippen molar-refractivity contribution >= 4 is 23.1 Å². The molecule has 250 valence electrons. The first-order chi connectivity index (χ1) is 26.2. The highest BCUT2D eigenvalue weighted by Crippen LogP contribution is 2.63. The molecule has 2 heteroatoms. The number of hydrogen-bond acceptors (Lipinski definition) is 1. The molecule has 1 nitrogen and oxygen atoms in total. The first-order valence-corrected chi connectivity index (χ1v) is 18.5. The van der Waals surface area contributed by atoms with Crippen molar-refractivity contribution in [1.29, 1.82) is 0 Å². The molecule has 0 radical (unpaired) electrons. The van der Waals surface area contributed by atoms with Crippen LogP contribution in [0.1, 0.15) is 45.7 Å². The molecule has 0 aromatic heterocycles. The lowest BCUT2D eigenvalue weighted by Crippen LogP contribution is -2.26. The van der Waals surface area contributed by atoms with Gasteiger partial charge in [0.2, 0.25) is 0 Å². The Hall–Kier alpha value is -6.51. The number of halogens is 1. The highest BCUT2D eigenvalue weighted by atomic mass is 19.1. The Balaban J connectivity index is 1.18. The number of fused-ring (bicyclic) bond motifs is 13. The van der Waals surface area contributed by atoms with Crippen molar-refractivity contribution < 1.29 is 4.39 Å². The standard InChI is InChI=1S/C51H34FN/c52-37-25-29-43-44-30-28-39(32-48(44)51(47(43)31-37)45-18-8-6-16-41(45)42-17-7-9-19-46(42)51)53(38-26-23-34(24-27-38)33-11-2-1-3-12-33)49-20-10-14-36-22-21-35-13-4-5-15-40(35)50(36)49/h1-14,16-32,40H,15H2. The lowest BCUT2D eigenvalue weighted by atomic mass is 9.70. The number of allylic oxidation sites excluding steroid dienone is 5. The lowest BCUT2D eigenvalue weighted by molar-refractivity contribution is 0.622. The van der Waals surface area contributed by atoms with Crippen LogP contribution >= 0.6 is 0 Å². The van der Waals surface area contributed by atoms with Crippen molar-refractivity contribution in [3.05, 3.63) is 227 Å². The number of rotatable bonds is 4. The third-order valence-electron chi connectivity index (χ3n) is 11.9. The highest BCUT2D eigenvalue weighted by molar-refractivity contribution is 5.96. The minimum absolute atomic E-state index is 0.215. The molecule has 53 heavy (non-hydrogen) atoms. The summed E-state index contributed by atoms with van der Waals surface area (Å²) in [5, 5.41) is 0. The zero-order valence-electron chi connectivity index (χ0n) is 29.0. The molecule has 1 spiro atoms. The van der Waals surface area contributed by atoms with Crippen LogP contribution in [0.15, 0.2) is 188 Å². The molecule has 0 N–H and O–H groups in total. The smallest absolute Gasteiger partial charge is 0.123 e. The zero-order valence-corrected chi connectivity index (χ0v) is 29.0. The van der Waals surface area contributed by atoms with Crippen LogP contribution in [0.5, 0.6) is 0 Å². The molecule has 4 aliphatic carbocycles. The quantitative estimate of drug-likeness (QED) is 0.179. The third-order valence-corrected chi connectivity index (χ3v) is 11.9. The largest absolute Gasteiger partial charge is 0.310 e. The van der Waals surface area contributed by atoms with Gasteiger partial charge in [0.25, 0.3) is 0 Å². The van der Waals surface area contributed by atoms with Crippen LogP contribution in [0, 0.1) is 5.82 Å². The lowest BCUT2D eigenvalue weighted by Gasteiger charge is -2.35. The van der Waals surface area contributed by atoms with Crippen LogP contribution in [0.4, 0.5) is 21.5 Å². The van der Waals surface area contributed by atoms with E-state index in [1.165, 1.54) is 61.3 Å². The van der Waals surface area contributed by atoms with E-state index in [1.54, 1.807) is 12.1 Å². The molecule has 0 bridgehead atoms. The maximum Gasteiger partial charge on any atom is 0.123 e. The summed E-state index contributed by atoms with van der Waals surface area (Å²) >= 11 is 0. The van der Waals surface area contributed by atoms with Gasteiger partial charge in [-0.25, -0.2) is 4.39 Å². The SMILES string of the molecule is Fc1ccc2c(c1)C1(c3ccccc3-c3ccccc31)c1cc(N(c3ccc(-c4ccccc4)cc3)c3cccc4c3C3CC=CC=C3C=C4)ccc1-2. The van der Waals surface area contributed by atoms with E-state index in [1.807, 2.05) is 6.07 Å². The van der Waals surface area contributed by atoms with E-state index in [9.17, 15) is 0 Å². The van der Waals surface area contributed by atoms with Crippen LogP contribution in [0.2, 0.25) is 0 Å². The molecule has 0 amide bonds. The Labute approximate surface area is 309 Å². The van der Waals surface area contributed by atoms with Crippen LogP contribution in [0.25, 0.3) is 39.5 Å². The number of anilines is 3. The maximum absolute atomic E-state index is 15.5. The van der Waals surface area contributed by atoms with Gasteiger partial charge in [-0.15, -0.1) is 0 Å². The number of hydrogen-bond donors (Lipinski definition) is 0. The summed E-state index contributed by atoms with van der Waals surface area (Å²) in [5.41, 5.74) is 18.2. The van der Waals surface area contributed by atoms with E-state index in [2.05, 4.69) is 175 Å². The number of benzene rings is 7. The van der Waals surface area contributed by atoms with Crippen LogP contribution < -0.4 is 4.90 Å². The summed E-state index contributed by atoms with van der Waals surface area (Å²) < 4.78 is 15.5. The van der Waals surface area contributed by atoms with Gasteiger partial charge in [0, 0.05) is 17.3 Å². The first kappa shape index (κ1) is 30.1. The topological polar surface area (TPSA) is 3.24 Å². The fraction of sp³-hybridized carbons (Fsp3) is 0.0588. The molecule has 0 saturated heterocycles. The molecule has 7 aromatic rings. The zero-order chi connectivity index (χ0) is 35.1. The summed E-state index contributed by atoms with van der Waals surface area (Å²) in [6, 6.07) is 56.0. The molecule has 0 saturated carbocycles. The summed E-state index contributed by atoms with van der Waals surface area (Å²) in [6.07, 6.45) is 12.2. The molecule has 0 heterocycles. The fourth-order valence-electron chi connectivity index (χ4n) is 9.68. The van der Waals surface area contributed by atoms with Crippen LogP contribution in [0.3, 0.4) is 0 Å². The Bertz CT molecular complexity index is 2670. The first-order valence-electron chi connectivity index (χ1n) is 18.5. The van der Waals surface area contributed by atoms with Gasteiger partial charge in [-0.2, -0.15) is 0 Å². The minimum atomic E-state index is -0.651. The maximum atomic E-state index is 15.5. The van der Waals surface area contributed by atoms with E-state index >= 15 is 4.39 Å². The van der Waals surface area contributed by atoms with Crippen molar-refractivity contribution in [2.45, 2.75) is 17.8 Å². The molecule has 1 unspecified atom stereocenters. The van der Waals surface area contributed by atoms with Gasteiger partial charge in [-0.1, -0.05) is 146 Å². The molecule has 0 aliphatic heterocycles. The summed E-state index contributed by atoms with van der Waals surface area (Å²) in [6.45, 7) is 0. The van der Waals surface area contributed by atoms with Gasteiger partial charge < -0.3 is 4.90 Å². The van der Waals surface area contributed by atoms with Crippen molar-refractivity contribution in [1.82, 2.24) is 0 Å². The monoisotopic (exact) mass is 679 g/mol. The Morgan fingerprint density at radius 1 is 0.528 bits per heavy atom. The van der Waals surface area contributed by atoms with Gasteiger partial charge in [-0.3, -0.25) is 0 Å². The average molecular weight is 680 g/mol. The Morgan fingerprint density at radius 2 is 1.17 bits per heavy atom. The molecular formula is C51H34FN. The van der Waals surface area contributed by atoms with Gasteiger partial charge in [0.15, 0.2) is 0 Å². The summed E-state index contributed by atoms with van der Waals surface area (Å²) in [4.78, 5) is 2.45. The van der Waals surface area contributed by atoms with Gasteiger partial charge in [0.05, 0.1) is 11.1 Å². The Morgan fingerprint density at radius 3 is 1.94 bits per heavy atom. The Kier molecular flexibility index (Phi) is 6.54. The predicted molar refractivity (Wildman–Crippen MR) is 216 cm³/mol. The third kappa shape index (κ3) is 4.30. The van der Waals surface area contributed by atoms with E-state index in [4.69, 9.17) is 0 Å². The van der Waals surface area contributed by atoms with E-state index in [-0.39, 0.29) is 11.7 Å². The van der Waals surface area contributed by atoms with Crippen molar-refractivity contribution in [3.8, 4) is 33.4 Å². The predicted octanol–water partition coefficient (Wildman–Crippen LogP) is 13.3. The highest BCUT2D eigenvalue weighted by Gasteiger charge is 2.52. The average Bonchev–Trinajstić information content (AvgIpc) is 3.68. The second-order valence-electron chi connectivity index (χ2n) is 14.5. The summed E-state index contributed by atoms with van der Waals surface area (Å²) in [5.74, 6) is 0.0522. The molecule has 7 aromatic carbocycles.